The number of hydrogen-bond acceptors (Lipinski definition) is 8. The van der Waals surface area contributed by atoms with Crippen LogP contribution >= 0.6 is 11.6 Å². The summed E-state index contributed by atoms with van der Waals surface area (Å²) < 4.78 is 1.47. The third-order valence-electron chi connectivity index (χ3n) is 8.56. The lowest BCUT2D eigenvalue weighted by molar-refractivity contribution is -0.132. The van der Waals surface area contributed by atoms with E-state index in [4.69, 9.17) is 16.9 Å². The molecule has 1 unspecified atom stereocenters. The number of nitriles is 1. The topological polar surface area (TPSA) is 111 Å². The van der Waals surface area contributed by atoms with Crippen LogP contribution in [0.5, 0.6) is 0 Å². The molecule has 3 aromatic carbocycles. The molecule has 1 saturated heterocycles. The maximum Gasteiger partial charge on any atom is 0.264 e. The predicted octanol–water partition coefficient (Wildman–Crippen LogP) is 5.03. The Labute approximate surface area is 260 Å². The van der Waals surface area contributed by atoms with Crippen LogP contribution in [0.4, 0.5) is 11.4 Å². The summed E-state index contributed by atoms with van der Waals surface area (Å²) in [5, 5.41) is 13.6. The van der Waals surface area contributed by atoms with E-state index in [9.17, 15) is 14.4 Å². The number of nitrogens with one attached hydrogen (secondary N) is 1. The first-order valence-corrected chi connectivity index (χ1v) is 15.2. The maximum atomic E-state index is 13.7. The first-order valence-electron chi connectivity index (χ1n) is 14.9. The standard InChI is InChI=1S/C34H33ClN6O3/c1-22-38-29-4-2-3-28(33(29)34(44)41(22)31-12-10-26(42)18-32(31)43)37-20-23-5-7-24(8-6-23)21-39-13-15-40(16-14-39)30-11-9-25(19-36)17-27(30)35/h2-9,11,17,31,37H,10,12-16,18,20-21H2,1H3. The first-order chi connectivity index (χ1) is 21.3. The molecule has 0 amide bonds. The summed E-state index contributed by atoms with van der Waals surface area (Å²) in [4.78, 5) is 47.5. The number of fused-ring (bicyclic) bond motifs is 1. The molecule has 1 aliphatic carbocycles. The lowest BCUT2D eigenvalue weighted by Crippen LogP contribution is -2.46. The predicted molar refractivity (Wildman–Crippen MR) is 171 cm³/mol. The smallest absolute Gasteiger partial charge is 0.264 e. The van der Waals surface area contributed by atoms with Gasteiger partial charge in [-0.1, -0.05) is 41.9 Å². The third-order valence-corrected chi connectivity index (χ3v) is 8.86. The number of anilines is 2. The molecular formula is C34H33ClN6O3. The van der Waals surface area contributed by atoms with E-state index in [1.165, 1.54) is 10.1 Å². The van der Waals surface area contributed by atoms with E-state index in [-0.39, 0.29) is 23.5 Å². The molecule has 2 heterocycles. The number of hydrogen-bond donors (Lipinski definition) is 1. The van der Waals surface area contributed by atoms with Gasteiger partial charge in [-0.2, -0.15) is 5.26 Å². The maximum absolute atomic E-state index is 13.7. The van der Waals surface area contributed by atoms with E-state index in [1.54, 1.807) is 19.1 Å². The second kappa shape index (κ2) is 12.6. The minimum Gasteiger partial charge on any atom is -0.380 e. The number of nitrogens with zero attached hydrogens (tertiary/aromatic N) is 5. The molecule has 1 aliphatic heterocycles. The number of benzene rings is 3. The van der Waals surface area contributed by atoms with Crippen molar-refractivity contribution in [1.29, 1.82) is 5.26 Å². The van der Waals surface area contributed by atoms with E-state index in [1.807, 2.05) is 24.3 Å². The van der Waals surface area contributed by atoms with Gasteiger partial charge in [0.2, 0.25) is 0 Å². The molecule has 9 nitrogen and oxygen atoms in total. The lowest BCUT2D eigenvalue weighted by Gasteiger charge is -2.36. The Morgan fingerprint density at radius 1 is 1.00 bits per heavy atom. The van der Waals surface area contributed by atoms with Crippen LogP contribution in [0.15, 0.2) is 65.5 Å². The molecule has 0 radical (unpaired) electrons. The second-order valence-corrected chi connectivity index (χ2v) is 11.9. The highest BCUT2D eigenvalue weighted by Gasteiger charge is 2.31. The van der Waals surface area contributed by atoms with Gasteiger partial charge in [0.05, 0.1) is 45.7 Å². The van der Waals surface area contributed by atoms with Gasteiger partial charge in [-0.25, -0.2) is 4.98 Å². The number of aryl methyl sites for hydroxylation is 1. The number of carbonyl (C=O) groups is 2. The van der Waals surface area contributed by atoms with Crippen molar-refractivity contribution < 1.29 is 9.59 Å². The second-order valence-electron chi connectivity index (χ2n) is 11.5. The van der Waals surface area contributed by atoms with Crippen LogP contribution in [-0.4, -0.2) is 52.2 Å². The van der Waals surface area contributed by atoms with Crippen LogP contribution in [0.3, 0.4) is 0 Å². The fourth-order valence-electron chi connectivity index (χ4n) is 6.20. The van der Waals surface area contributed by atoms with Crippen molar-refractivity contribution in [3.05, 3.63) is 98.6 Å². The Morgan fingerprint density at radius 3 is 2.45 bits per heavy atom. The van der Waals surface area contributed by atoms with Crippen molar-refractivity contribution in [1.82, 2.24) is 14.5 Å². The molecule has 1 N–H and O–H groups in total. The molecular weight excluding hydrogens is 576 g/mol. The SMILES string of the molecule is Cc1nc2cccc(NCc3ccc(CN4CCN(c5ccc(C#N)cc5Cl)CC4)cc3)c2c(=O)n1C1CCC(=O)CC1=O. The van der Waals surface area contributed by atoms with E-state index < -0.39 is 6.04 Å². The molecule has 6 rings (SSSR count). The summed E-state index contributed by atoms with van der Waals surface area (Å²) in [6.07, 6.45) is 0.489. The van der Waals surface area contributed by atoms with Crippen LogP contribution in [0, 0.1) is 18.3 Å². The van der Waals surface area contributed by atoms with Gasteiger partial charge in [-0.3, -0.25) is 23.9 Å². The number of ketones is 2. The van der Waals surface area contributed by atoms with Gasteiger partial charge in [0.15, 0.2) is 5.78 Å². The van der Waals surface area contributed by atoms with Crippen molar-refractivity contribution in [3.8, 4) is 6.07 Å². The van der Waals surface area contributed by atoms with Crippen molar-refractivity contribution in [3.63, 3.8) is 0 Å². The molecule has 0 spiro atoms. The van der Waals surface area contributed by atoms with Crippen LogP contribution in [0.25, 0.3) is 10.9 Å². The highest BCUT2D eigenvalue weighted by molar-refractivity contribution is 6.33. The Hall–Kier alpha value is -4.52. The minimum absolute atomic E-state index is 0.0771. The summed E-state index contributed by atoms with van der Waals surface area (Å²) in [5.41, 5.74) is 4.81. The van der Waals surface area contributed by atoms with Gasteiger partial charge in [0, 0.05) is 51.4 Å². The molecule has 1 atom stereocenters. The highest BCUT2D eigenvalue weighted by atomic mass is 35.5. The summed E-state index contributed by atoms with van der Waals surface area (Å²) in [6, 6.07) is 20.9. The van der Waals surface area contributed by atoms with Gasteiger partial charge >= 0.3 is 0 Å². The molecule has 10 heteroatoms. The van der Waals surface area contributed by atoms with Gasteiger partial charge in [-0.15, -0.1) is 0 Å². The van der Waals surface area contributed by atoms with Crippen molar-refractivity contribution in [2.75, 3.05) is 36.4 Å². The van der Waals surface area contributed by atoms with Gasteiger partial charge in [0.25, 0.3) is 5.56 Å². The number of aromatic nitrogens is 2. The fraction of sp³-hybridized carbons (Fsp3) is 0.324. The minimum atomic E-state index is -0.658. The normalized spacial score (nSPS) is 17.6. The number of rotatable bonds is 7. The molecule has 4 aromatic rings. The Balaban J connectivity index is 1.10. The summed E-state index contributed by atoms with van der Waals surface area (Å²) in [7, 11) is 0. The average Bonchev–Trinajstić information content (AvgIpc) is 3.02. The quantitative estimate of drug-likeness (QED) is 0.291. The monoisotopic (exact) mass is 608 g/mol. The molecule has 224 valence electrons. The van der Waals surface area contributed by atoms with Crippen LogP contribution in [0.1, 0.15) is 47.8 Å². The summed E-state index contributed by atoms with van der Waals surface area (Å²) >= 11 is 6.42. The van der Waals surface area contributed by atoms with E-state index in [0.29, 0.717) is 52.4 Å². The van der Waals surface area contributed by atoms with Crippen LogP contribution in [0.2, 0.25) is 5.02 Å². The summed E-state index contributed by atoms with van der Waals surface area (Å²) in [6.45, 7) is 6.65. The number of piperazine rings is 1. The Bertz CT molecular complexity index is 1840. The van der Waals surface area contributed by atoms with Crippen molar-refractivity contribution in [2.45, 2.75) is 45.3 Å². The van der Waals surface area contributed by atoms with E-state index >= 15 is 0 Å². The van der Waals surface area contributed by atoms with E-state index in [2.05, 4.69) is 50.4 Å². The lowest BCUT2D eigenvalue weighted by atomic mass is 9.92. The van der Waals surface area contributed by atoms with Crippen molar-refractivity contribution in [2.24, 2.45) is 0 Å². The Kier molecular flexibility index (Phi) is 8.47. The van der Waals surface area contributed by atoms with Gasteiger partial charge in [0.1, 0.15) is 11.6 Å². The molecule has 2 fully saturated rings. The van der Waals surface area contributed by atoms with Gasteiger partial charge in [-0.05, 0) is 54.8 Å². The largest absolute Gasteiger partial charge is 0.380 e. The number of halogens is 1. The zero-order valence-electron chi connectivity index (χ0n) is 24.6. The van der Waals surface area contributed by atoms with Crippen molar-refractivity contribution >= 4 is 45.4 Å². The number of carbonyl (C=O) groups excluding carboxylic acids is 2. The molecule has 1 saturated carbocycles. The fourth-order valence-corrected chi connectivity index (χ4v) is 6.50. The van der Waals surface area contributed by atoms with E-state index in [0.717, 1.165) is 44.0 Å². The zero-order valence-corrected chi connectivity index (χ0v) is 25.3. The molecule has 2 aliphatic rings. The molecule has 0 bridgehead atoms. The third kappa shape index (κ3) is 6.09. The summed E-state index contributed by atoms with van der Waals surface area (Å²) in [5.74, 6) is 0.171. The highest BCUT2D eigenvalue weighted by Crippen LogP contribution is 2.29. The molecule has 44 heavy (non-hydrogen) atoms. The van der Waals surface area contributed by atoms with Crippen LogP contribution in [-0.2, 0) is 22.7 Å². The number of Topliss-reactive ketones (excluding diaryl/α,β-unsaturated/α-hetero) is 2. The molecule has 1 aromatic heterocycles. The first kappa shape index (κ1) is 29.5. The zero-order chi connectivity index (χ0) is 30.8. The van der Waals surface area contributed by atoms with Gasteiger partial charge < -0.3 is 10.2 Å². The Morgan fingerprint density at radius 2 is 1.75 bits per heavy atom. The van der Waals surface area contributed by atoms with Crippen LogP contribution < -0.4 is 15.8 Å². The average molecular weight is 609 g/mol.